The van der Waals surface area contributed by atoms with E-state index in [0.717, 1.165) is 23.5 Å². The van der Waals surface area contributed by atoms with Crippen molar-refractivity contribution in [3.8, 4) is 0 Å². The van der Waals surface area contributed by atoms with Crippen LogP contribution in [0, 0.1) is 13.8 Å². The van der Waals surface area contributed by atoms with Crippen LogP contribution in [0.1, 0.15) is 17.0 Å². The summed E-state index contributed by atoms with van der Waals surface area (Å²) in [5.41, 5.74) is 8.97. The van der Waals surface area contributed by atoms with Gasteiger partial charge in [0, 0.05) is 17.6 Å². The van der Waals surface area contributed by atoms with E-state index in [4.69, 9.17) is 5.73 Å². The molecule has 0 fully saturated rings. The topological polar surface area (TPSA) is 56.7 Å². The molecule has 2 heterocycles. The summed E-state index contributed by atoms with van der Waals surface area (Å²) in [5, 5.41) is 0. The molecule has 4 nitrogen and oxygen atoms in total. The molecule has 15 heavy (non-hydrogen) atoms. The summed E-state index contributed by atoms with van der Waals surface area (Å²) in [6.45, 7) is 4.69. The third-order valence-corrected chi connectivity index (χ3v) is 2.40. The van der Waals surface area contributed by atoms with Gasteiger partial charge in [0.2, 0.25) is 5.95 Å². The number of imidazole rings is 1. The predicted octanol–water partition coefficient (Wildman–Crippen LogP) is 1.53. The van der Waals surface area contributed by atoms with E-state index in [0.29, 0.717) is 5.95 Å². The van der Waals surface area contributed by atoms with Crippen molar-refractivity contribution in [3.63, 3.8) is 0 Å². The Morgan fingerprint density at radius 3 is 2.53 bits per heavy atom. The van der Waals surface area contributed by atoms with Gasteiger partial charge in [-0.15, -0.1) is 0 Å². The molecule has 0 bridgehead atoms. The Balaban J connectivity index is 2.25. The number of anilines is 1. The van der Waals surface area contributed by atoms with E-state index in [1.165, 1.54) is 0 Å². The number of nitrogens with two attached hydrogens (primary N) is 1. The maximum absolute atomic E-state index is 5.75. The van der Waals surface area contributed by atoms with Gasteiger partial charge in [-0.1, -0.05) is 6.07 Å². The Morgan fingerprint density at radius 2 is 2.00 bits per heavy atom. The highest BCUT2D eigenvalue weighted by Crippen LogP contribution is 2.10. The lowest BCUT2D eigenvalue weighted by Gasteiger charge is -2.07. The number of nitrogen functional groups attached to an aromatic ring is 1. The fraction of sp³-hybridized carbons (Fsp3) is 0.273. The van der Waals surface area contributed by atoms with Gasteiger partial charge < -0.3 is 10.3 Å². The Bertz CT molecular complexity index is 436. The summed E-state index contributed by atoms with van der Waals surface area (Å²) in [7, 11) is 0. The van der Waals surface area contributed by atoms with Crippen LogP contribution >= 0.6 is 0 Å². The zero-order chi connectivity index (χ0) is 10.8. The number of aryl methyl sites for hydroxylation is 2. The van der Waals surface area contributed by atoms with Crippen LogP contribution in [-0.2, 0) is 6.54 Å². The van der Waals surface area contributed by atoms with Crippen molar-refractivity contribution in [2.45, 2.75) is 20.4 Å². The van der Waals surface area contributed by atoms with Gasteiger partial charge in [0.05, 0.1) is 12.7 Å². The summed E-state index contributed by atoms with van der Waals surface area (Å²) in [4.78, 5) is 8.29. The van der Waals surface area contributed by atoms with Gasteiger partial charge in [0.15, 0.2) is 0 Å². The van der Waals surface area contributed by atoms with Crippen molar-refractivity contribution in [2.24, 2.45) is 0 Å². The highest BCUT2D eigenvalue weighted by atomic mass is 15.1. The van der Waals surface area contributed by atoms with Crippen molar-refractivity contribution in [2.75, 3.05) is 5.73 Å². The molecule has 0 aliphatic heterocycles. The molecule has 0 saturated heterocycles. The first-order valence-corrected chi connectivity index (χ1v) is 4.86. The largest absolute Gasteiger partial charge is 0.369 e. The van der Waals surface area contributed by atoms with Gasteiger partial charge in [-0.2, -0.15) is 0 Å². The SMILES string of the molecule is Cc1ccc(Cn2c(C)cnc2N)cn1. The molecule has 4 heteroatoms. The van der Waals surface area contributed by atoms with Crippen LogP contribution in [0.2, 0.25) is 0 Å². The third kappa shape index (κ3) is 1.98. The first-order valence-electron chi connectivity index (χ1n) is 4.86. The van der Waals surface area contributed by atoms with Crippen LogP contribution in [0.3, 0.4) is 0 Å². The molecule has 0 saturated carbocycles. The lowest BCUT2D eigenvalue weighted by molar-refractivity contribution is 0.778. The quantitative estimate of drug-likeness (QED) is 0.803. The minimum atomic E-state index is 0.549. The second-order valence-corrected chi connectivity index (χ2v) is 3.65. The summed E-state index contributed by atoms with van der Waals surface area (Å²) < 4.78 is 1.96. The second kappa shape index (κ2) is 3.73. The van der Waals surface area contributed by atoms with E-state index in [1.807, 2.05) is 30.7 Å². The standard InChI is InChI=1S/C11H14N4/c1-8-3-4-10(6-13-8)7-15-9(2)5-14-11(15)12/h3-6H,7H2,1-2H3,(H2,12,14). The minimum Gasteiger partial charge on any atom is -0.369 e. The van der Waals surface area contributed by atoms with Crippen LogP contribution in [0.5, 0.6) is 0 Å². The predicted molar refractivity (Wildman–Crippen MR) is 59.5 cm³/mol. The Morgan fingerprint density at radius 1 is 1.20 bits per heavy atom. The lowest BCUT2D eigenvalue weighted by Crippen LogP contribution is -2.06. The average molecular weight is 202 g/mol. The van der Waals surface area contributed by atoms with Crippen LogP contribution in [-0.4, -0.2) is 14.5 Å². The molecule has 0 aliphatic carbocycles. The number of rotatable bonds is 2. The number of hydrogen-bond acceptors (Lipinski definition) is 3. The second-order valence-electron chi connectivity index (χ2n) is 3.65. The smallest absolute Gasteiger partial charge is 0.200 e. The van der Waals surface area contributed by atoms with Gasteiger partial charge in [0.25, 0.3) is 0 Å². The van der Waals surface area contributed by atoms with Crippen LogP contribution in [0.4, 0.5) is 5.95 Å². The zero-order valence-electron chi connectivity index (χ0n) is 8.94. The van der Waals surface area contributed by atoms with Crippen molar-refractivity contribution in [3.05, 3.63) is 41.5 Å². The average Bonchev–Trinajstić information content (AvgIpc) is 2.53. The number of nitrogens with zero attached hydrogens (tertiary/aromatic N) is 3. The van der Waals surface area contributed by atoms with Crippen molar-refractivity contribution < 1.29 is 0 Å². The maximum atomic E-state index is 5.75. The number of pyridine rings is 1. The highest BCUT2D eigenvalue weighted by Gasteiger charge is 2.03. The fourth-order valence-electron chi connectivity index (χ4n) is 1.46. The van der Waals surface area contributed by atoms with Crippen molar-refractivity contribution >= 4 is 5.95 Å². The first kappa shape index (κ1) is 9.71. The van der Waals surface area contributed by atoms with Gasteiger partial charge in [0.1, 0.15) is 0 Å². The molecule has 0 unspecified atom stereocenters. The van der Waals surface area contributed by atoms with E-state index < -0.39 is 0 Å². The molecule has 0 amide bonds. The molecule has 2 aromatic heterocycles. The first-order chi connectivity index (χ1) is 7.16. The zero-order valence-corrected chi connectivity index (χ0v) is 8.94. The van der Waals surface area contributed by atoms with Gasteiger partial charge in [-0.05, 0) is 25.5 Å². The molecule has 0 aliphatic rings. The minimum absolute atomic E-state index is 0.549. The molecule has 2 rings (SSSR count). The van der Waals surface area contributed by atoms with Crippen LogP contribution in [0.15, 0.2) is 24.5 Å². The normalized spacial score (nSPS) is 10.5. The number of hydrogen-bond donors (Lipinski definition) is 1. The van der Waals surface area contributed by atoms with E-state index in [2.05, 4.69) is 16.0 Å². The summed E-state index contributed by atoms with van der Waals surface area (Å²) in [5.74, 6) is 0.549. The fourth-order valence-corrected chi connectivity index (χ4v) is 1.46. The Labute approximate surface area is 88.8 Å². The monoisotopic (exact) mass is 202 g/mol. The molecule has 0 spiro atoms. The summed E-state index contributed by atoms with van der Waals surface area (Å²) in [6.07, 6.45) is 3.64. The molecule has 78 valence electrons. The van der Waals surface area contributed by atoms with Crippen LogP contribution < -0.4 is 5.73 Å². The number of aromatic nitrogens is 3. The Hall–Kier alpha value is -1.84. The maximum Gasteiger partial charge on any atom is 0.200 e. The molecule has 2 aromatic rings. The molecular weight excluding hydrogens is 188 g/mol. The van der Waals surface area contributed by atoms with E-state index in [1.54, 1.807) is 6.20 Å². The van der Waals surface area contributed by atoms with Gasteiger partial charge >= 0.3 is 0 Å². The van der Waals surface area contributed by atoms with E-state index in [9.17, 15) is 0 Å². The van der Waals surface area contributed by atoms with Crippen LogP contribution in [0.25, 0.3) is 0 Å². The van der Waals surface area contributed by atoms with Crippen molar-refractivity contribution in [1.29, 1.82) is 0 Å². The highest BCUT2D eigenvalue weighted by molar-refractivity contribution is 5.25. The molecule has 2 N–H and O–H groups in total. The van der Waals surface area contributed by atoms with E-state index >= 15 is 0 Å². The lowest BCUT2D eigenvalue weighted by atomic mass is 10.2. The van der Waals surface area contributed by atoms with Gasteiger partial charge in [-0.25, -0.2) is 4.98 Å². The summed E-state index contributed by atoms with van der Waals surface area (Å²) >= 11 is 0. The summed E-state index contributed by atoms with van der Waals surface area (Å²) in [6, 6.07) is 4.05. The Kier molecular flexibility index (Phi) is 2.41. The molecular formula is C11H14N4. The molecule has 0 aromatic carbocycles. The third-order valence-electron chi connectivity index (χ3n) is 2.40. The molecule has 0 atom stereocenters. The van der Waals surface area contributed by atoms with Gasteiger partial charge in [-0.3, -0.25) is 4.98 Å². The van der Waals surface area contributed by atoms with E-state index in [-0.39, 0.29) is 0 Å². The molecule has 0 radical (unpaired) electrons. The van der Waals surface area contributed by atoms with Crippen molar-refractivity contribution in [1.82, 2.24) is 14.5 Å².